The smallest absolute Gasteiger partial charge is 0.262 e. The van der Waals surface area contributed by atoms with Gasteiger partial charge < -0.3 is 14.8 Å². The number of halogens is 2. The monoisotopic (exact) mass is 420 g/mol. The first-order valence-corrected chi connectivity index (χ1v) is 9.46. The van der Waals surface area contributed by atoms with Gasteiger partial charge in [-0.2, -0.15) is 0 Å². The summed E-state index contributed by atoms with van der Waals surface area (Å²) >= 11 is 0. The maximum Gasteiger partial charge on any atom is 0.262 e. The molecule has 7 heteroatoms. The van der Waals surface area contributed by atoms with E-state index in [4.69, 9.17) is 14.5 Å². The normalized spacial score (nSPS) is 10.7. The SMILES string of the molecule is COc1cccc2c(OCC(=O)Nc3cc(F)ccc3F)cc(-c3ccccc3)nc12. The van der Waals surface area contributed by atoms with E-state index in [0.717, 1.165) is 23.8 Å². The van der Waals surface area contributed by atoms with E-state index in [-0.39, 0.29) is 5.69 Å². The van der Waals surface area contributed by atoms with Crippen LogP contribution < -0.4 is 14.8 Å². The number of pyridine rings is 1. The van der Waals surface area contributed by atoms with E-state index in [0.29, 0.717) is 28.1 Å². The molecule has 1 heterocycles. The molecule has 0 fully saturated rings. The van der Waals surface area contributed by atoms with Gasteiger partial charge in [-0.1, -0.05) is 36.4 Å². The zero-order valence-electron chi connectivity index (χ0n) is 16.6. The van der Waals surface area contributed by atoms with Crippen LogP contribution in [-0.2, 0) is 4.79 Å². The van der Waals surface area contributed by atoms with Crippen molar-refractivity contribution >= 4 is 22.5 Å². The van der Waals surface area contributed by atoms with E-state index in [9.17, 15) is 13.6 Å². The summed E-state index contributed by atoms with van der Waals surface area (Å²) in [5.74, 6) is -1.04. The highest BCUT2D eigenvalue weighted by atomic mass is 19.1. The Morgan fingerprint density at radius 3 is 2.55 bits per heavy atom. The summed E-state index contributed by atoms with van der Waals surface area (Å²) in [6.45, 7) is -0.402. The lowest BCUT2D eigenvalue weighted by molar-refractivity contribution is -0.118. The Morgan fingerprint density at radius 1 is 0.968 bits per heavy atom. The molecule has 0 saturated heterocycles. The predicted molar refractivity (Wildman–Crippen MR) is 114 cm³/mol. The van der Waals surface area contributed by atoms with Crippen LogP contribution in [0.1, 0.15) is 0 Å². The molecule has 0 aliphatic heterocycles. The molecule has 5 nitrogen and oxygen atoms in total. The summed E-state index contributed by atoms with van der Waals surface area (Å²) in [6.07, 6.45) is 0. The van der Waals surface area contributed by atoms with Crippen molar-refractivity contribution in [1.82, 2.24) is 4.98 Å². The molecule has 0 atom stereocenters. The van der Waals surface area contributed by atoms with Crippen LogP contribution in [0.15, 0.2) is 72.8 Å². The van der Waals surface area contributed by atoms with E-state index < -0.39 is 24.1 Å². The Labute approximate surface area is 177 Å². The lowest BCUT2D eigenvalue weighted by Crippen LogP contribution is -2.21. The summed E-state index contributed by atoms with van der Waals surface area (Å²) in [5, 5.41) is 2.98. The third-order valence-corrected chi connectivity index (χ3v) is 4.62. The first kappa shape index (κ1) is 20.3. The lowest BCUT2D eigenvalue weighted by atomic mass is 10.1. The second-order valence-corrected chi connectivity index (χ2v) is 6.69. The third kappa shape index (κ3) is 4.45. The number of ether oxygens (including phenoxy) is 2. The number of anilines is 1. The number of nitrogens with zero attached hydrogens (tertiary/aromatic N) is 1. The zero-order valence-corrected chi connectivity index (χ0v) is 16.6. The highest BCUT2D eigenvalue weighted by molar-refractivity contribution is 5.94. The second kappa shape index (κ2) is 8.79. The highest BCUT2D eigenvalue weighted by Crippen LogP contribution is 2.34. The van der Waals surface area contributed by atoms with E-state index in [1.165, 1.54) is 0 Å². The molecule has 156 valence electrons. The van der Waals surface area contributed by atoms with Gasteiger partial charge in [-0.05, 0) is 24.3 Å². The lowest BCUT2D eigenvalue weighted by Gasteiger charge is -2.13. The largest absolute Gasteiger partial charge is 0.494 e. The Kier molecular flexibility index (Phi) is 5.75. The molecule has 0 spiro atoms. The van der Waals surface area contributed by atoms with Crippen LogP contribution >= 0.6 is 0 Å². The number of hydrogen-bond donors (Lipinski definition) is 1. The van der Waals surface area contributed by atoms with Gasteiger partial charge in [0.25, 0.3) is 5.91 Å². The molecular formula is C24H18F2N2O3. The third-order valence-electron chi connectivity index (χ3n) is 4.62. The number of carbonyl (C=O) groups excluding carboxylic acids is 1. The van der Waals surface area contributed by atoms with Crippen molar-refractivity contribution < 1.29 is 23.0 Å². The Hall–Kier alpha value is -4.00. The van der Waals surface area contributed by atoms with Gasteiger partial charge in [-0.15, -0.1) is 0 Å². The van der Waals surface area contributed by atoms with Crippen molar-refractivity contribution in [2.45, 2.75) is 0 Å². The van der Waals surface area contributed by atoms with Gasteiger partial charge in [0.2, 0.25) is 0 Å². The van der Waals surface area contributed by atoms with Crippen LogP contribution in [0.4, 0.5) is 14.5 Å². The Bertz CT molecular complexity index is 1250. The van der Waals surface area contributed by atoms with E-state index >= 15 is 0 Å². The van der Waals surface area contributed by atoms with Crippen LogP contribution in [0.25, 0.3) is 22.2 Å². The summed E-state index contributed by atoms with van der Waals surface area (Å²) in [6, 6.07) is 19.4. The first-order chi connectivity index (χ1) is 15.0. The van der Waals surface area contributed by atoms with Crippen molar-refractivity contribution in [3.8, 4) is 22.8 Å². The molecule has 1 amide bonds. The number of benzene rings is 3. The fourth-order valence-electron chi connectivity index (χ4n) is 3.15. The predicted octanol–water partition coefficient (Wildman–Crippen LogP) is 5.21. The Balaban J connectivity index is 1.64. The standard InChI is InChI=1S/C24H18F2N2O3/c1-30-21-9-5-8-17-22(13-19(28-24(17)21)15-6-3-2-4-7-15)31-14-23(29)27-20-12-16(25)10-11-18(20)26/h2-13H,14H2,1H3,(H,27,29). The minimum absolute atomic E-state index is 0.250. The number of rotatable bonds is 6. The molecule has 4 aromatic rings. The van der Waals surface area contributed by atoms with Crippen molar-refractivity contribution in [3.05, 3.63) is 84.4 Å². The van der Waals surface area contributed by atoms with E-state index in [2.05, 4.69) is 5.32 Å². The van der Waals surface area contributed by atoms with Gasteiger partial charge in [0.05, 0.1) is 18.5 Å². The number of nitrogens with one attached hydrogen (secondary N) is 1. The number of carbonyl (C=O) groups is 1. The van der Waals surface area contributed by atoms with Gasteiger partial charge in [0.15, 0.2) is 6.61 Å². The fourth-order valence-corrected chi connectivity index (χ4v) is 3.15. The summed E-state index contributed by atoms with van der Waals surface area (Å²) in [5.41, 5.74) is 1.84. The maximum absolute atomic E-state index is 13.8. The average Bonchev–Trinajstić information content (AvgIpc) is 2.80. The summed E-state index contributed by atoms with van der Waals surface area (Å²) in [4.78, 5) is 17.0. The van der Waals surface area contributed by atoms with Crippen LogP contribution in [0.3, 0.4) is 0 Å². The molecule has 31 heavy (non-hydrogen) atoms. The van der Waals surface area contributed by atoms with Crippen molar-refractivity contribution in [1.29, 1.82) is 0 Å². The quantitative estimate of drug-likeness (QED) is 0.465. The second-order valence-electron chi connectivity index (χ2n) is 6.69. The topological polar surface area (TPSA) is 60.5 Å². The minimum Gasteiger partial charge on any atom is -0.494 e. The van der Waals surface area contributed by atoms with Crippen molar-refractivity contribution in [3.63, 3.8) is 0 Å². The molecule has 0 radical (unpaired) electrons. The van der Waals surface area contributed by atoms with Crippen molar-refractivity contribution in [2.24, 2.45) is 0 Å². The number of methoxy groups -OCH3 is 1. The molecule has 0 aliphatic rings. The number of hydrogen-bond acceptors (Lipinski definition) is 4. The highest BCUT2D eigenvalue weighted by Gasteiger charge is 2.14. The summed E-state index contributed by atoms with van der Waals surface area (Å²) in [7, 11) is 1.55. The molecular weight excluding hydrogens is 402 g/mol. The van der Waals surface area contributed by atoms with Gasteiger partial charge >= 0.3 is 0 Å². The minimum atomic E-state index is -0.736. The number of fused-ring (bicyclic) bond motifs is 1. The maximum atomic E-state index is 13.8. The van der Waals surface area contributed by atoms with Crippen LogP contribution in [0, 0.1) is 11.6 Å². The van der Waals surface area contributed by atoms with Crippen LogP contribution in [-0.4, -0.2) is 24.6 Å². The van der Waals surface area contributed by atoms with Crippen molar-refractivity contribution in [2.75, 3.05) is 19.0 Å². The van der Waals surface area contributed by atoms with Gasteiger partial charge in [0.1, 0.15) is 28.7 Å². The van der Waals surface area contributed by atoms with E-state index in [1.54, 1.807) is 31.4 Å². The fraction of sp³-hybridized carbons (Fsp3) is 0.0833. The van der Waals surface area contributed by atoms with Gasteiger partial charge in [-0.25, -0.2) is 13.8 Å². The van der Waals surface area contributed by atoms with Gasteiger partial charge in [0, 0.05) is 23.1 Å². The molecule has 0 aliphatic carbocycles. The number of amides is 1. The number of para-hydroxylation sites is 1. The molecule has 3 aromatic carbocycles. The number of aromatic nitrogens is 1. The first-order valence-electron chi connectivity index (χ1n) is 9.46. The summed E-state index contributed by atoms with van der Waals surface area (Å²) < 4.78 is 38.3. The molecule has 0 saturated carbocycles. The zero-order chi connectivity index (χ0) is 21.8. The molecule has 0 bridgehead atoms. The van der Waals surface area contributed by atoms with Crippen LogP contribution in [0.2, 0.25) is 0 Å². The average molecular weight is 420 g/mol. The van der Waals surface area contributed by atoms with Crippen LogP contribution in [0.5, 0.6) is 11.5 Å². The molecule has 4 rings (SSSR count). The Morgan fingerprint density at radius 2 is 1.77 bits per heavy atom. The molecule has 1 aromatic heterocycles. The molecule has 0 unspecified atom stereocenters. The van der Waals surface area contributed by atoms with Gasteiger partial charge in [-0.3, -0.25) is 4.79 Å². The molecule has 1 N–H and O–H groups in total. The van der Waals surface area contributed by atoms with E-state index in [1.807, 2.05) is 30.3 Å².